The predicted octanol–water partition coefficient (Wildman–Crippen LogP) is 2.65. The van der Waals surface area contributed by atoms with Gasteiger partial charge in [-0.1, -0.05) is 24.3 Å². The van der Waals surface area contributed by atoms with Crippen LogP contribution in [0.5, 0.6) is 5.75 Å². The Morgan fingerprint density at radius 3 is 1.93 bits per heavy atom. The summed E-state index contributed by atoms with van der Waals surface area (Å²) in [6.45, 7) is 0.146. The summed E-state index contributed by atoms with van der Waals surface area (Å²) in [6, 6.07) is 10.9. The molecule has 0 aliphatic rings. The number of aldehydes is 1. The van der Waals surface area contributed by atoms with E-state index in [0.29, 0.717) is 5.75 Å². The first-order valence-electron chi connectivity index (χ1n) is 9.18. The van der Waals surface area contributed by atoms with Crippen LogP contribution in [-0.4, -0.2) is 12.9 Å². The summed E-state index contributed by atoms with van der Waals surface area (Å²) in [5.41, 5.74) is -1.68. The molecule has 5 rings (SSSR count). The smallest absolute Gasteiger partial charge is 0.204 e. The third kappa shape index (κ3) is 2.45. The molecule has 5 aromatic rings. The van der Waals surface area contributed by atoms with Crippen LogP contribution in [0, 0.1) is 0 Å². The van der Waals surface area contributed by atoms with E-state index in [1.807, 2.05) is 0 Å². The highest BCUT2D eigenvalue weighted by Crippen LogP contribution is 2.29. The first-order valence-corrected chi connectivity index (χ1v) is 9.99. The van der Waals surface area contributed by atoms with Gasteiger partial charge in [0.25, 0.3) is 0 Å². The maximum Gasteiger partial charge on any atom is 0.204 e. The van der Waals surface area contributed by atoms with E-state index in [1.165, 1.54) is 12.1 Å². The number of carbonyl (C=O) groups excluding carboxylic acids is 1. The van der Waals surface area contributed by atoms with Gasteiger partial charge in [0, 0.05) is 28.0 Å². The molecule has 0 unspecified atom stereocenters. The van der Waals surface area contributed by atoms with Gasteiger partial charge >= 0.3 is 0 Å². The van der Waals surface area contributed by atoms with Gasteiger partial charge in [-0.2, -0.15) is 0 Å². The third-order valence-corrected chi connectivity index (χ3v) is 6.36. The lowest BCUT2D eigenvalue weighted by molar-refractivity contribution is -0.108. The van der Waals surface area contributed by atoms with Gasteiger partial charge in [0.2, 0.25) is 10.9 Å². The second kappa shape index (κ2) is 6.67. The lowest BCUT2D eigenvalue weighted by atomic mass is 10.0. The fourth-order valence-corrected chi connectivity index (χ4v) is 5.00. The molecular formula is C23H12O6S. The molecule has 0 saturated carbocycles. The Balaban J connectivity index is 1.95. The fourth-order valence-electron chi connectivity index (χ4n) is 3.80. The molecule has 4 aromatic carbocycles. The Bertz CT molecular complexity index is 1720. The molecule has 0 saturated heterocycles. The number of benzene rings is 4. The summed E-state index contributed by atoms with van der Waals surface area (Å²) in [7, 11) is 0. The highest BCUT2D eigenvalue weighted by Gasteiger charge is 2.22. The molecule has 0 N–H and O–H groups in total. The van der Waals surface area contributed by atoms with E-state index in [0.717, 1.165) is 17.6 Å². The van der Waals surface area contributed by atoms with Gasteiger partial charge in [0.1, 0.15) is 12.0 Å². The van der Waals surface area contributed by atoms with Crippen LogP contribution in [0.15, 0.2) is 61.6 Å². The van der Waals surface area contributed by atoms with E-state index in [2.05, 4.69) is 0 Å². The fraction of sp³-hybridized carbons (Fsp3) is 0.0870. The van der Waals surface area contributed by atoms with Crippen molar-refractivity contribution >= 4 is 59.3 Å². The van der Waals surface area contributed by atoms with Crippen molar-refractivity contribution in [3.8, 4) is 5.75 Å². The molecule has 1 heterocycles. The normalized spacial score (nSPS) is 11.6. The lowest BCUT2D eigenvalue weighted by Crippen LogP contribution is -2.15. The summed E-state index contributed by atoms with van der Waals surface area (Å²) in [6.07, 6.45) is 0.916. The zero-order chi connectivity index (χ0) is 21.0. The molecule has 146 valence electrons. The molecule has 7 heteroatoms. The van der Waals surface area contributed by atoms with Gasteiger partial charge in [-0.15, -0.1) is 11.3 Å². The number of hydrogen-bond acceptors (Lipinski definition) is 7. The maximum absolute atomic E-state index is 13.3. The summed E-state index contributed by atoms with van der Waals surface area (Å²) >= 11 is 0.899. The summed E-state index contributed by atoms with van der Waals surface area (Å²) in [4.78, 5) is 62.9. The Kier molecular flexibility index (Phi) is 4.08. The van der Waals surface area contributed by atoms with Crippen molar-refractivity contribution in [2.45, 2.75) is 6.42 Å². The molecule has 0 radical (unpaired) electrons. The number of carbonyl (C=O) groups is 1. The first kappa shape index (κ1) is 18.3. The number of ether oxygens (including phenoxy) is 1. The van der Waals surface area contributed by atoms with E-state index < -0.39 is 16.3 Å². The number of fused-ring (bicyclic) bond motifs is 5. The Hall–Kier alpha value is -3.71. The minimum Gasteiger partial charge on any atom is -0.493 e. The zero-order valence-corrected chi connectivity index (χ0v) is 16.2. The van der Waals surface area contributed by atoms with Crippen molar-refractivity contribution in [1.29, 1.82) is 0 Å². The number of hydrogen-bond donors (Lipinski definition) is 0. The van der Waals surface area contributed by atoms with Gasteiger partial charge < -0.3 is 9.53 Å². The van der Waals surface area contributed by atoms with Crippen molar-refractivity contribution in [1.82, 2.24) is 0 Å². The lowest BCUT2D eigenvalue weighted by Gasteiger charge is -2.05. The van der Waals surface area contributed by atoms with Gasteiger partial charge in [-0.05, 0) is 18.2 Å². The van der Waals surface area contributed by atoms with Crippen molar-refractivity contribution < 1.29 is 9.53 Å². The van der Waals surface area contributed by atoms with Gasteiger partial charge in [0.05, 0.1) is 26.8 Å². The average Bonchev–Trinajstić information content (AvgIpc) is 3.18. The van der Waals surface area contributed by atoms with Crippen LogP contribution in [0.3, 0.4) is 0 Å². The van der Waals surface area contributed by atoms with Crippen LogP contribution < -0.4 is 26.5 Å². The summed E-state index contributed by atoms with van der Waals surface area (Å²) in [5.74, 6) is 0.344. The predicted molar refractivity (Wildman–Crippen MR) is 118 cm³/mol. The van der Waals surface area contributed by atoms with E-state index in [4.69, 9.17) is 4.74 Å². The van der Waals surface area contributed by atoms with E-state index in [-0.39, 0.29) is 60.2 Å². The molecule has 0 aliphatic carbocycles. The highest BCUT2D eigenvalue weighted by molar-refractivity contribution is 7.25. The largest absolute Gasteiger partial charge is 0.493 e. The summed E-state index contributed by atoms with van der Waals surface area (Å²) < 4.78 is 5.69. The SMILES string of the molecule is O=CCCOc1ccc2c(=O)c3sc4c(=O)c5ccccc5c(=O)c4c3c(=O)c2c1. The van der Waals surface area contributed by atoms with E-state index >= 15 is 0 Å². The minimum atomic E-state index is -0.488. The van der Waals surface area contributed by atoms with Crippen molar-refractivity contribution in [2.75, 3.05) is 6.61 Å². The highest BCUT2D eigenvalue weighted by atomic mass is 32.1. The quantitative estimate of drug-likeness (QED) is 0.330. The Morgan fingerprint density at radius 1 is 0.733 bits per heavy atom. The standard InChI is InChI=1S/C23H12O6S/c24-8-3-9-29-11-6-7-14-15(10-11)19(26)17-16-18(25)12-4-1-2-5-13(12)20(27)22(16)30-23(17)21(14)28/h1-2,4-8,10H,3,9H2. The maximum atomic E-state index is 13.3. The molecule has 0 aliphatic heterocycles. The molecule has 1 aromatic heterocycles. The van der Waals surface area contributed by atoms with Crippen molar-refractivity contribution in [3.05, 3.63) is 83.4 Å². The summed E-state index contributed by atoms with van der Waals surface area (Å²) in [5, 5.41) is 0.826. The van der Waals surface area contributed by atoms with Gasteiger partial charge in [0.15, 0.2) is 10.9 Å². The number of rotatable bonds is 4. The minimum absolute atomic E-state index is 0.00889. The zero-order valence-electron chi connectivity index (χ0n) is 15.4. The average molecular weight is 416 g/mol. The molecule has 30 heavy (non-hydrogen) atoms. The second-order valence-corrected chi connectivity index (χ2v) is 7.90. The van der Waals surface area contributed by atoms with Gasteiger partial charge in [-0.3, -0.25) is 19.2 Å². The molecule has 0 spiro atoms. The molecule has 6 nitrogen and oxygen atoms in total. The topological polar surface area (TPSA) is 94.6 Å². The van der Waals surface area contributed by atoms with Crippen LogP contribution in [0.2, 0.25) is 0 Å². The van der Waals surface area contributed by atoms with Gasteiger partial charge in [-0.25, -0.2) is 0 Å². The van der Waals surface area contributed by atoms with Crippen LogP contribution in [0.4, 0.5) is 0 Å². The van der Waals surface area contributed by atoms with Crippen LogP contribution in [0.1, 0.15) is 6.42 Å². The Labute approximate surface area is 171 Å². The van der Waals surface area contributed by atoms with E-state index in [1.54, 1.807) is 30.3 Å². The molecule has 0 amide bonds. The van der Waals surface area contributed by atoms with Crippen molar-refractivity contribution in [3.63, 3.8) is 0 Å². The van der Waals surface area contributed by atoms with E-state index in [9.17, 15) is 24.0 Å². The molecular weight excluding hydrogens is 404 g/mol. The second-order valence-electron chi connectivity index (χ2n) is 6.88. The van der Waals surface area contributed by atoms with Crippen LogP contribution in [0.25, 0.3) is 41.7 Å². The van der Waals surface area contributed by atoms with Crippen LogP contribution >= 0.6 is 11.3 Å². The number of thiophene rings is 1. The van der Waals surface area contributed by atoms with Crippen molar-refractivity contribution in [2.24, 2.45) is 0 Å². The molecule has 0 bridgehead atoms. The van der Waals surface area contributed by atoms with Crippen LogP contribution in [-0.2, 0) is 4.79 Å². The first-order chi connectivity index (χ1) is 14.5. The molecule has 0 atom stereocenters. The monoisotopic (exact) mass is 416 g/mol. The Morgan fingerprint density at radius 2 is 1.30 bits per heavy atom. The third-order valence-electron chi connectivity index (χ3n) is 5.18. The molecule has 0 fully saturated rings.